The maximum Gasteiger partial charge on any atom is 0.261 e. The molecule has 1 aliphatic heterocycles. The maximum absolute atomic E-state index is 12.9. The van der Waals surface area contributed by atoms with Crippen molar-refractivity contribution in [3.8, 4) is 0 Å². The lowest BCUT2D eigenvalue weighted by atomic mass is 10.0. The third-order valence-electron chi connectivity index (χ3n) is 5.14. The zero-order valence-corrected chi connectivity index (χ0v) is 17.4. The lowest BCUT2D eigenvalue weighted by Gasteiger charge is -2.35. The van der Waals surface area contributed by atoms with Gasteiger partial charge in [0.1, 0.15) is 0 Å². The minimum Gasteiger partial charge on any atom is -0.339 e. The molecule has 150 valence electrons. The number of hydrogen-bond acceptors (Lipinski definition) is 4. The van der Waals surface area contributed by atoms with Crippen LogP contribution in [0.25, 0.3) is 0 Å². The number of nitrogens with one attached hydrogen (secondary N) is 1. The highest BCUT2D eigenvalue weighted by atomic mass is 32.2. The Labute approximate surface area is 167 Å². The molecule has 0 radical (unpaired) electrons. The highest BCUT2D eigenvalue weighted by Gasteiger charge is 2.25. The van der Waals surface area contributed by atoms with Gasteiger partial charge >= 0.3 is 0 Å². The number of nitrogens with zero attached hydrogens (tertiary/aromatic N) is 2. The summed E-state index contributed by atoms with van der Waals surface area (Å²) in [6.45, 7) is 3.26. The van der Waals surface area contributed by atoms with Crippen LogP contribution in [0.15, 0.2) is 53.4 Å². The van der Waals surface area contributed by atoms with E-state index in [1.807, 2.05) is 13.0 Å². The molecule has 0 spiro atoms. The maximum atomic E-state index is 12.9. The summed E-state index contributed by atoms with van der Waals surface area (Å²) in [5.41, 5.74) is 1.86. The molecule has 1 N–H and O–H groups in total. The minimum absolute atomic E-state index is 0.0861. The summed E-state index contributed by atoms with van der Waals surface area (Å²) in [6.07, 6.45) is 1.84. The van der Waals surface area contributed by atoms with Crippen LogP contribution in [-0.4, -0.2) is 57.4 Å². The normalized spacial score (nSPS) is 15.6. The number of rotatable bonds is 5. The molecule has 3 rings (SSSR count). The molecule has 0 aliphatic carbocycles. The van der Waals surface area contributed by atoms with E-state index < -0.39 is 10.0 Å². The molecule has 7 heteroatoms. The summed E-state index contributed by atoms with van der Waals surface area (Å²) in [6, 6.07) is 13.9. The van der Waals surface area contributed by atoms with Crippen molar-refractivity contribution in [2.24, 2.45) is 0 Å². The predicted octanol–water partition coefficient (Wildman–Crippen LogP) is 2.96. The first-order valence-electron chi connectivity index (χ1n) is 9.41. The summed E-state index contributed by atoms with van der Waals surface area (Å²) in [4.78, 5) is 16.9. The summed E-state index contributed by atoms with van der Waals surface area (Å²) >= 11 is 0. The number of carbonyl (C=O) groups is 1. The van der Waals surface area contributed by atoms with Crippen molar-refractivity contribution in [2.75, 3.05) is 31.9 Å². The van der Waals surface area contributed by atoms with Crippen LogP contribution in [0.2, 0.25) is 0 Å². The van der Waals surface area contributed by atoms with E-state index in [-0.39, 0.29) is 10.8 Å². The van der Waals surface area contributed by atoms with Gasteiger partial charge in [-0.1, -0.05) is 18.2 Å². The fourth-order valence-electron chi connectivity index (χ4n) is 3.49. The van der Waals surface area contributed by atoms with Crippen LogP contribution < -0.4 is 4.72 Å². The number of sulfonamides is 1. The highest BCUT2D eigenvalue weighted by Crippen LogP contribution is 2.21. The van der Waals surface area contributed by atoms with Crippen molar-refractivity contribution in [2.45, 2.75) is 30.7 Å². The number of anilines is 1. The molecule has 0 unspecified atom stereocenters. The zero-order chi connectivity index (χ0) is 20.3. The topological polar surface area (TPSA) is 69.7 Å². The molecule has 1 amide bonds. The van der Waals surface area contributed by atoms with Crippen molar-refractivity contribution in [1.82, 2.24) is 9.80 Å². The number of hydrogen-bond donors (Lipinski definition) is 1. The van der Waals surface area contributed by atoms with Gasteiger partial charge in [-0.15, -0.1) is 0 Å². The smallest absolute Gasteiger partial charge is 0.261 e. The minimum atomic E-state index is -3.76. The Bertz CT molecular complexity index is 949. The second-order valence-electron chi connectivity index (χ2n) is 7.49. The molecule has 0 saturated carbocycles. The molecular formula is C21H27N3O3S. The molecule has 0 aromatic heterocycles. The van der Waals surface area contributed by atoms with E-state index in [9.17, 15) is 13.2 Å². The number of amides is 1. The van der Waals surface area contributed by atoms with E-state index in [1.54, 1.807) is 35.2 Å². The molecule has 1 aliphatic rings. The standard InChI is InChI=1S/C21H27N3O3S/c1-16-6-4-8-18(14-16)22-28(26,27)20-9-5-7-17(15-20)21(25)24-12-10-19(11-13-24)23(2)3/h4-9,14-15,19,22H,10-13H2,1-3H3. The van der Waals surface area contributed by atoms with Crippen LogP contribution in [0.5, 0.6) is 0 Å². The van der Waals surface area contributed by atoms with E-state index in [1.165, 1.54) is 12.1 Å². The highest BCUT2D eigenvalue weighted by molar-refractivity contribution is 7.92. The van der Waals surface area contributed by atoms with Gasteiger partial charge in [0.15, 0.2) is 0 Å². The second-order valence-corrected chi connectivity index (χ2v) is 9.17. The van der Waals surface area contributed by atoms with Gasteiger partial charge in [0.2, 0.25) is 0 Å². The molecule has 6 nitrogen and oxygen atoms in total. The predicted molar refractivity (Wildman–Crippen MR) is 111 cm³/mol. The van der Waals surface area contributed by atoms with E-state index in [2.05, 4.69) is 23.7 Å². The van der Waals surface area contributed by atoms with Crippen LogP contribution in [0, 0.1) is 6.92 Å². The van der Waals surface area contributed by atoms with E-state index >= 15 is 0 Å². The lowest BCUT2D eigenvalue weighted by molar-refractivity contribution is 0.0663. The molecule has 1 saturated heterocycles. The lowest BCUT2D eigenvalue weighted by Crippen LogP contribution is -2.44. The first-order chi connectivity index (χ1) is 13.3. The Morgan fingerprint density at radius 1 is 1.07 bits per heavy atom. The summed E-state index contributed by atoms with van der Waals surface area (Å²) in [7, 11) is 0.342. The molecule has 2 aromatic rings. The van der Waals surface area contributed by atoms with Crippen molar-refractivity contribution in [3.05, 3.63) is 59.7 Å². The number of benzene rings is 2. The van der Waals surface area contributed by atoms with Crippen LogP contribution in [-0.2, 0) is 10.0 Å². The Kier molecular flexibility index (Phi) is 6.05. The van der Waals surface area contributed by atoms with Gasteiger partial charge in [0.25, 0.3) is 15.9 Å². The second kappa shape index (κ2) is 8.32. The van der Waals surface area contributed by atoms with Crippen molar-refractivity contribution >= 4 is 21.6 Å². The van der Waals surface area contributed by atoms with Crippen molar-refractivity contribution in [1.29, 1.82) is 0 Å². The SMILES string of the molecule is Cc1cccc(NS(=O)(=O)c2cccc(C(=O)N3CCC(N(C)C)CC3)c2)c1. The van der Waals surface area contributed by atoms with Gasteiger partial charge in [0, 0.05) is 30.4 Å². The molecular weight excluding hydrogens is 374 g/mol. The van der Waals surface area contributed by atoms with Gasteiger partial charge in [0.05, 0.1) is 4.90 Å². The molecule has 0 atom stereocenters. The van der Waals surface area contributed by atoms with Crippen LogP contribution in [0.3, 0.4) is 0 Å². The zero-order valence-electron chi connectivity index (χ0n) is 16.6. The number of piperidine rings is 1. The molecule has 1 fully saturated rings. The average molecular weight is 402 g/mol. The largest absolute Gasteiger partial charge is 0.339 e. The van der Waals surface area contributed by atoms with E-state index in [0.29, 0.717) is 30.4 Å². The first-order valence-corrected chi connectivity index (χ1v) is 10.9. The van der Waals surface area contributed by atoms with Gasteiger partial charge in [-0.3, -0.25) is 9.52 Å². The fourth-order valence-corrected chi connectivity index (χ4v) is 4.58. The average Bonchev–Trinajstić information content (AvgIpc) is 2.67. The Hall–Kier alpha value is -2.38. The van der Waals surface area contributed by atoms with Gasteiger partial charge < -0.3 is 9.80 Å². The Morgan fingerprint density at radius 2 is 1.75 bits per heavy atom. The quantitative estimate of drug-likeness (QED) is 0.836. The van der Waals surface area contributed by atoms with E-state index in [0.717, 1.165) is 18.4 Å². The van der Waals surface area contributed by atoms with Crippen LogP contribution in [0.1, 0.15) is 28.8 Å². The molecule has 2 aromatic carbocycles. The fraction of sp³-hybridized carbons (Fsp3) is 0.381. The summed E-state index contributed by atoms with van der Waals surface area (Å²) < 4.78 is 28.1. The van der Waals surface area contributed by atoms with Crippen LogP contribution in [0.4, 0.5) is 5.69 Å². The van der Waals surface area contributed by atoms with E-state index in [4.69, 9.17) is 0 Å². The summed E-state index contributed by atoms with van der Waals surface area (Å²) in [5, 5.41) is 0. The first kappa shape index (κ1) is 20.4. The third kappa shape index (κ3) is 4.72. The molecule has 0 bridgehead atoms. The Balaban J connectivity index is 1.75. The van der Waals surface area contributed by atoms with Gasteiger partial charge in [-0.2, -0.15) is 0 Å². The third-order valence-corrected chi connectivity index (χ3v) is 6.52. The van der Waals surface area contributed by atoms with Gasteiger partial charge in [-0.25, -0.2) is 8.42 Å². The van der Waals surface area contributed by atoms with Crippen LogP contribution >= 0.6 is 0 Å². The van der Waals surface area contributed by atoms with Crippen molar-refractivity contribution in [3.63, 3.8) is 0 Å². The van der Waals surface area contributed by atoms with Crippen molar-refractivity contribution < 1.29 is 13.2 Å². The molecule has 1 heterocycles. The monoisotopic (exact) mass is 401 g/mol. The number of aryl methyl sites for hydroxylation is 1. The Morgan fingerprint density at radius 3 is 2.39 bits per heavy atom. The summed E-state index contributed by atoms with van der Waals surface area (Å²) in [5.74, 6) is -0.121. The number of carbonyl (C=O) groups excluding carboxylic acids is 1. The number of likely N-dealkylation sites (tertiary alicyclic amines) is 1. The van der Waals surface area contributed by atoms with Gasteiger partial charge in [-0.05, 0) is 69.8 Å². The molecule has 28 heavy (non-hydrogen) atoms.